The Kier molecular flexibility index (Phi) is 10.3. The Morgan fingerprint density at radius 1 is 0.947 bits per heavy atom. The van der Waals surface area contributed by atoms with E-state index in [-0.39, 0.29) is 0 Å². The summed E-state index contributed by atoms with van der Waals surface area (Å²) in [5.74, 6) is -5.51. The van der Waals surface area contributed by atoms with Crippen LogP contribution in [0.3, 0.4) is 0 Å². The van der Waals surface area contributed by atoms with Crippen molar-refractivity contribution < 1.29 is 46.1 Å². The molecule has 0 unspecified atom stereocenters. The maximum Gasteiger partial charge on any atom is 0.490 e. The molecule has 0 fully saturated rings. The van der Waals surface area contributed by atoms with Crippen molar-refractivity contribution in [2.45, 2.75) is 31.7 Å². The molecule has 4 rings (SSSR count). The van der Waals surface area contributed by atoms with Gasteiger partial charge in [0.2, 0.25) is 0 Å². The van der Waals surface area contributed by atoms with Crippen molar-refractivity contribution in [3.05, 3.63) is 60.1 Å². The monoisotopic (exact) mass is 548 g/mol. The van der Waals surface area contributed by atoms with Gasteiger partial charge in [-0.3, -0.25) is 14.6 Å². The maximum atomic E-state index is 10.6. The molecule has 4 heterocycles. The molecule has 0 aliphatic carbocycles. The Balaban J connectivity index is 0.000000301. The van der Waals surface area contributed by atoms with E-state index in [2.05, 4.69) is 31.1 Å². The first-order valence-electron chi connectivity index (χ1n) is 10.7. The molecule has 0 saturated carbocycles. The van der Waals surface area contributed by atoms with E-state index in [0.717, 1.165) is 43.7 Å². The number of halogens is 6. The second-order valence-corrected chi connectivity index (χ2v) is 7.79. The van der Waals surface area contributed by atoms with Crippen molar-refractivity contribution in [3.63, 3.8) is 0 Å². The number of nitrogens with zero attached hydrogens (tertiary/aromatic N) is 6. The first kappa shape index (κ1) is 30.1. The number of hydrogen-bond donors (Lipinski definition) is 2. The van der Waals surface area contributed by atoms with E-state index < -0.39 is 24.3 Å². The van der Waals surface area contributed by atoms with Crippen LogP contribution in [0.2, 0.25) is 0 Å². The number of carboxylic acids is 2. The second kappa shape index (κ2) is 12.9. The molecule has 3 aromatic rings. The molecule has 0 radical (unpaired) electrons. The van der Waals surface area contributed by atoms with Gasteiger partial charge in [0, 0.05) is 74.1 Å². The molecular weight excluding hydrogens is 526 g/mol. The zero-order valence-electron chi connectivity index (χ0n) is 19.7. The van der Waals surface area contributed by atoms with Gasteiger partial charge in [-0.05, 0) is 18.6 Å². The van der Waals surface area contributed by atoms with Crippen molar-refractivity contribution in [2.75, 3.05) is 13.1 Å². The van der Waals surface area contributed by atoms with E-state index in [9.17, 15) is 26.3 Å². The van der Waals surface area contributed by atoms with Crippen molar-refractivity contribution in [1.29, 1.82) is 0 Å². The predicted molar refractivity (Wildman–Crippen MR) is 119 cm³/mol. The van der Waals surface area contributed by atoms with Gasteiger partial charge in [0.25, 0.3) is 0 Å². The molecule has 0 saturated heterocycles. The number of aryl methyl sites for hydroxylation is 1. The molecule has 206 valence electrons. The number of rotatable bonds is 3. The Morgan fingerprint density at radius 2 is 1.50 bits per heavy atom. The van der Waals surface area contributed by atoms with Crippen LogP contribution in [0.15, 0.2) is 43.2 Å². The number of pyridine rings is 1. The summed E-state index contributed by atoms with van der Waals surface area (Å²) in [7, 11) is 1.96. The summed E-state index contributed by atoms with van der Waals surface area (Å²) in [4.78, 5) is 33.4. The van der Waals surface area contributed by atoms with Gasteiger partial charge < -0.3 is 10.2 Å². The number of carboxylic acid groups (broad SMARTS) is 2. The highest BCUT2D eigenvalue weighted by molar-refractivity contribution is 5.73. The molecule has 10 nitrogen and oxygen atoms in total. The summed E-state index contributed by atoms with van der Waals surface area (Å²) in [6.45, 7) is 2.95. The lowest BCUT2D eigenvalue weighted by atomic mass is 10.0. The van der Waals surface area contributed by atoms with Crippen molar-refractivity contribution in [1.82, 2.24) is 29.6 Å². The number of fused-ring (bicyclic) bond motifs is 1. The van der Waals surface area contributed by atoms with Crippen LogP contribution in [-0.2, 0) is 36.0 Å². The van der Waals surface area contributed by atoms with E-state index in [1.807, 2.05) is 42.5 Å². The van der Waals surface area contributed by atoms with Crippen LogP contribution in [-0.4, -0.2) is 77.2 Å². The third kappa shape index (κ3) is 9.42. The summed E-state index contributed by atoms with van der Waals surface area (Å²) >= 11 is 0. The Labute approximate surface area is 211 Å². The summed E-state index contributed by atoms with van der Waals surface area (Å²) < 4.78 is 65.3. The first-order chi connectivity index (χ1) is 17.7. The lowest BCUT2D eigenvalue weighted by Gasteiger charge is -2.18. The van der Waals surface area contributed by atoms with E-state index in [1.165, 1.54) is 16.8 Å². The number of aromatic nitrogens is 5. The molecule has 0 aromatic carbocycles. The number of alkyl halides is 6. The lowest BCUT2D eigenvalue weighted by molar-refractivity contribution is -0.193. The van der Waals surface area contributed by atoms with Crippen LogP contribution in [0.5, 0.6) is 0 Å². The molecule has 0 atom stereocenters. The Bertz CT molecular complexity index is 1190. The van der Waals surface area contributed by atoms with Gasteiger partial charge in [-0.15, -0.1) is 0 Å². The minimum atomic E-state index is -5.08. The maximum absolute atomic E-state index is 10.6. The molecule has 38 heavy (non-hydrogen) atoms. The van der Waals surface area contributed by atoms with E-state index in [0.29, 0.717) is 0 Å². The van der Waals surface area contributed by atoms with Crippen LogP contribution in [0.4, 0.5) is 26.3 Å². The van der Waals surface area contributed by atoms with Crippen LogP contribution in [0.25, 0.3) is 11.3 Å². The van der Waals surface area contributed by atoms with E-state index in [4.69, 9.17) is 19.8 Å². The fourth-order valence-corrected chi connectivity index (χ4v) is 3.30. The van der Waals surface area contributed by atoms with E-state index >= 15 is 0 Å². The highest BCUT2D eigenvalue weighted by atomic mass is 19.4. The fraction of sp³-hybridized carbons (Fsp3) is 0.364. The third-order valence-corrected chi connectivity index (χ3v) is 4.98. The third-order valence-electron chi connectivity index (χ3n) is 4.98. The second-order valence-electron chi connectivity index (χ2n) is 7.79. The van der Waals surface area contributed by atoms with Gasteiger partial charge in [-0.1, -0.05) is 0 Å². The topological polar surface area (TPSA) is 134 Å². The van der Waals surface area contributed by atoms with Gasteiger partial charge in [0.15, 0.2) is 0 Å². The molecule has 1 aliphatic rings. The predicted octanol–water partition coefficient (Wildman–Crippen LogP) is 3.14. The summed E-state index contributed by atoms with van der Waals surface area (Å²) in [5, 5.41) is 18.5. The quantitative estimate of drug-likeness (QED) is 0.474. The van der Waals surface area contributed by atoms with Crippen LogP contribution in [0.1, 0.15) is 16.8 Å². The average Bonchev–Trinajstić information content (AvgIpc) is 3.13. The molecule has 3 aromatic heterocycles. The number of aliphatic carboxylic acids is 2. The molecular formula is C22H22F6N6O4. The number of hydrogen-bond acceptors (Lipinski definition) is 7. The van der Waals surface area contributed by atoms with Crippen molar-refractivity contribution in [3.8, 4) is 11.3 Å². The zero-order chi connectivity index (χ0) is 28.5. The van der Waals surface area contributed by atoms with Gasteiger partial charge >= 0.3 is 24.3 Å². The fourth-order valence-electron chi connectivity index (χ4n) is 3.30. The Hall–Kier alpha value is -4.08. The minimum absolute atomic E-state index is 0.930. The molecule has 0 bridgehead atoms. The van der Waals surface area contributed by atoms with Gasteiger partial charge in [0.1, 0.15) is 6.33 Å². The Morgan fingerprint density at radius 3 is 2.00 bits per heavy atom. The van der Waals surface area contributed by atoms with Gasteiger partial charge in [-0.2, -0.15) is 31.4 Å². The van der Waals surface area contributed by atoms with Crippen molar-refractivity contribution >= 4 is 11.9 Å². The zero-order valence-corrected chi connectivity index (χ0v) is 19.7. The highest BCUT2D eigenvalue weighted by Crippen LogP contribution is 2.25. The smallest absolute Gasteiger partial charge is 0.475 e. The average molecular weight is 548 g/mol. The molecule has 16 heteroatoms. The number of carbonyl (C=O) groups is 2. The SMILES string of the molecule is Cn1cc(CN2CCc3ncnc(-c4ccncc4)c3CC2)cn1.O=C(O)C(F)(F)F.O=C(O)C(F)(F)F. The van der Waals surface area contributed by atoms with E-state index in [1.54, 1.807) is 6.33 Å². The molecule has 2 N–H and O–H groups in total. The molecule has 0 amide bonds. The van der Waals surface area contributed by atoms with Gasteiger partial charge in [-0.25, -0.2) is 19.6 Å². The van der Waals surface area contributed by atoms with Crippen LogP contribution < -0.4 is 0 Å². The largest absolute Gasteiger partial charge is 0.490 e. The minimum Gasteiger partial charge on any atom is -0.475 e. The normalized spacial score (nSPS) is 13.7. The highest BCUT2D eigenvalue weighted by Gasteiger charge is 2.38. The molecule has 0 spiro atoms. The standard InChI is InChI=1S/C18H20N6.2C2HF3O2/c1-23-11-14(10-22-23)12-24-8-4-16-17(5-9-24)20-13-21-18(16)15-2-6-19-7-3-15;2*3-2(4,5)1(6)7/h2-3,6-7,10-11,13H,4-5,8-9,12H2,1H3;2*(H,6,7). The van der Waals surface area contributed by atoms with Gasteiger partial charge in [0.05, 0.1) is 11.9 Å². The lowest BCUT2D eigenvalue weighted by Crippen LogP contribution is -2.25. The van der Waals surface area contributed by atoms with Crippen LogP contribution in [0, 0.1) is 0 Å². The first-order valence-corrected chi connectivity index (χ1v) is 10.7. The summed E-state index contributed by atoms with van der Waals surface area (Å²) in [6.07, 6.45) is 1.10. The summed E-state index contributed by atoms with van der Waals surface area (Å²) in [5.41, 5.74) is 5.86. The van der Waals surface area contributed by atoms with Crippen molar-refractivity contribution in [2.24, 2.45) is 7.05 Å². The van der Waals surface area contributed by atoms with Crippen LogP contribution >= 0.6 is 0 Å². The summed E-state index contributed by atoms with van der Waals surface area (Å²) in [6, 6.07) is 4.03. The molecule has 1 aliphatic heterocycles.